The lowest BCUT2D eigenvalue weighted by Gasteiger charge is -2.19. The average molecular weight is 289 g/mol. The van der Waals surface area contributed by atoms with Crippen LogP contribution in [-0.4, -0.2) is 6.54 Å². The summed E-state index contributed by atoms with van der Waals surface area (Å²) < 4.78 is 1.03. The van der Waals surface area contributed by atoms with Crippen molar-refractivity contribution in [2.24, 2.45) is 11.1 Å². The third-order valence-electron chi connectivity index (χ3n) is 3.68. The molecule has 0 spiro atoms. The Labute approximate surface area is 104 Å². The smallest absolute Gasteiger partial charge is 0.0420 e. The number of rotatable bonds is 2. The molecule has 1 saturated carbocycles. The van der Waals surface area contributed by atoms with Gasteiger partial charge in [0.25, 0.3) is 0 Å². The zero-order chi connectivity index (χ0) is 11.3. The molecular weight excluding hydrogens is 273 g/mol. The van der Waals surface area contributed by atoms with Crippen molar-refractivity contribution in [1.82, 2.24) is 0 Å². The van der Waals surface area contributed by atoms with Crippen molar-refractivity contribution < 1.29 is 0 Å². The van der Waals surface area contributed by atoms with E-state index in [0.717, 1.165) is 15.9 Å². The molecule has 2 rings (SSSR count). The lowest BCUT2D eigenvalue weighted by molar-refractivity contribution is 0.503. The van der Waals surface area contributed by atoms with E-state index in [-0.39, 0.29) is 5.41 Å². The maximum atomic E-state index is 6.06. The molecule has 1 nitrogen and oxygen atoms in total. The van der Waals surface area contributed by atoms with Crippen molar-refractivity contribution >= 4 is 27.5 Å². The summed E-state index contributed by atoms with van der Waals surface area (Å²) >= 11 is 9.54. The first-order valence-electron chi connectivity index (χ1n) is 5.08. The molecule has 0 aromatic heterocycles. The molecular formula is C12H15BrClN. The van der Waals surface area contributed by atoms with E-state index in [2.05, 4.69) is 35.8 Å². The predicted molar refractivity (Wildman–Crippen MR) is 68.3 cm³/mol. The summed E-state index contributed by atoms with van der Waals surface area (Å²) in [5.41, 5.74) is 7.60. The van der Waals surface area contributed by atoms with Crippen LogP contribution < -0.4 is 5.73 Å². The highest BCUT2D eigenvalue weighted by molar-refractivity contribution is 9.10. The highest BCUT2D eigenvalue weighted by atomic mass is 79.9. The van der Waals surface area contributed by atoms with Crippen LogP contribution in [0, 0.1) is 5.41 Å². The number of nitrogens with two attached hydrogens (primary N) is 1. The van der Waals surface area contributed by atoms with E-state index in [1.807, 2.05) is 12.1 Å². The molecule has 1 aromatic carbocycles. The molecule has 1 aromatic rings. The van der Waals surface area contributed by atoms with Gasteiger partial charge in [0.2, 0.25) is 0 Å². The van der Waals surface area contributed by atoms with Crippen LogP contribution in [0.4, 0.5) is 0 Å². The summed E-state index contributed by atoms with van der Waals surface area (Å²) in [5, 5.41) is 0.773. The van der Waals surface area contributed by atoms with Gasteiger partial charge >= 0.3 is 0 Å². The van der Waals surface area contributed by atoms with E-state index >= 15 is 0 Å². The van der Waals surface area contributed by atoms with Crippen LogP contribution in [0.25, 0.3) is 0 Å². The molecule has 1 atom stereocenters. The van der Waals surface area contributed by atoms with Gasteiger partial charge in [-0.2, -0.15) is 0 Å². The summed E-state index contributed by atoms with van der Waals surface area (Å²) in [7, 11) is 0. The van der Waals surface area contributed by atoms with E-state index in [9.17, 15) is 0 Å². The maximum Gasteiger partial charge on any atom is 0.0420 e. The summed E-state index contributed by atoms with van der Waals surface area (Å²) in [6.07, 6.45) is 1.14. The van der Waals surface area contributed by atoms with Gasteiger partial charge < -0.3 is 5.73 Å². The van der Waals surface area contributed by atoms with Gasteiger partial charge in [0, 0.05) is 21.5 Å². The van der Waals surface area contributed by atoms with Crippen LogP contribution in [0.5, 0.6) is 0 Å². The van der Waals surface area contributed by atoms with Crippen LogP contribution >= 0.6 is 27.5 Å². The van der Waals surface area contributed by atoms with E-state index < -0.39 is 0 Å². The molecule has 0 radical (unpaired) electrons. The minimum atomic E-state index is 0.125. The third-order valence-corrected chi connectivity index (χ3v) is 4.35. The Bertz CT molecular complexity index is 382. The lowest BCUT2D eigenvalue weighted by Crippen LogP contribution is -2.25. The Balaban J connectivity index is 2.46. The highest BCUT2D eigenvalue weighted by Crippen LogP contribution is 2.63. The number of benzene rings is 1. The molecule has 82 valence electrons. The van der Waals surface area contributed by atoms with Crippen molar-refractivity contribution in [3.8, 4) is 0 Å². The Morgan fingerprint density at radius 3 is 2.40 bits per heavy atom. The molecule has 0 saturated heterocycles. The minimum absolute atomic E-state index is 0.125. The van der Waals surface area contributed by atoms with Crippen molar-refractivity contribution in [3.63, 3.8) is 0 Å². The summed E-state index contributed by atoms with van der Waals surface area (Å²) in [5.74, 6) is 0. The lowest BCUT2D eigenvalue weighted by atomic mass is 9.88. The zero-order valence-electron chi connectivity index (χ0n) is 8.98. The Morgan fingerprint density at radius 2 is 2.00 bits per heavy atom. The quantitative estimate of drug-likeness (QED) is 0.882. The SMILES string of the molecule is CC1(C)CC1(CN)c1cc(Cl)cc(Br)c1. The zero-order valence-corrected chi connectivity index (χ0v) is 11.3. The first-order valence-corrected chi connectivity index (χ1v) is 6.25. The molecule has 0 aliphatic heterocycles. The predicted octanol–water partition coefficient (Wildman–Crippen LogP) is 3.73. The van der Waals surface area contributed by atoms with E-state index in [4.69, 9.17) is 17.3 Å². The van der Waals surface area contributed by atoms with Crippen molar-refractivity contribution in [1.29, 1.82) is 0 Å². The number of halogens is 2. The van der Waals surface area contributed by atoms with Gasteiger partial charge in [-0.3, -0.25) is 0 Å². The fourth-order valence-corrected chi connectivity index (χ4v) is 3.36. The molecule has 1 unspecified atom stereocenters. The van der Waals surface area contributed by atoms with Gasteiger partial charge in [-0.05, 0) is 35.6 Å². The van der Waals surface area contributed by atoms with Crippen LogP contribution in [0.3, 0.4) is 0 Å². The second-order valence-corrected chi connectivity index (χ2v) is 6.36. The van der Waals surface area contributed by atoms with E-state index in [1.165, 1.54) is 5.56 Å². The topological polar surface area (TPSA) is 26.0 Å². The molecule has 1 aliphatic rings. The average Bonchev–Trinajstić information content (AvgIpc) is 2.68. The van der Waals surface area contributed by atoms with Gasteiger partial charge in [0.05, 0.1) is 0 Å². The van der Waals surface area contributed by atoms with Crippen molar-refractivity contribution in [2.45, 2.75) is 25.7 Å². The van der Waals surface area contributed by atoms with Crippen molar-refractivity contribution in [2.75, 3.05) is 6.54 Å². The van der Waals surface area contributed by atoms with Crippen LogP contribution in [0.2, 0.25) is 5.02 Å². The molecule has 1 fully saturated rings. The van der Waals surface area contributed by atoms with Gasteiger partial charge in [0.1, 0.15) is 0 Å². The molecule has 3 heteroatoms. The van der Waals surface area contributed by atoms with Crippen molar-refractivity contribution in [3.05, 3.63) is 33.3 Å². The van der Waals surface area contributed by atoms with Gasteiger partial charge in [-0.1, -0.05) is 41.4 Å². The Morgan fingerprint density at radius 1 is 1.40 bits per heavy atom. The molecule has 1 aliphatic carbocycles. The first kappa shape index (κ1) is 11.4. The Kier molecular flexibility index (Phi) is 2.65. The standard InChI is InChI=1S/C12H15BrClN/c1-11(2)6-12(11,7-15)8-3-9(13)5-10(14)4-8/h3-5H,6-7,15H2,1-2H3. The highest BCUT2D eigenvalue weighted by Gasteiger charge is 2.60. The van der Waals surface area contributed by atoms with Crippen LogP contribution in [0.1, 0.15) is 25.8 Å². The molecule has 2 N–H and O–H groups in total. The molecule has 15 heavy (non-hydrogen) atoms. The summed E-state index contributed by atoms with van der Waals surface area (Å²) in [6, 6.07) is 6.08. The van der Waals surface area contributed by atoms with Gasteiger partial charge in [-0.15, -0.1) is 0 Å². The van der Waals surface area contributed by atoms with Crippen LogP contribution in [-0.2, 0) is 5.41 Å². The monoisotopic (exact) mass is 287 g/mol. The van der Waals surface area contributed by atoms with E-state index in [1.54, 1.807) is 0 Å². The largest absolute Gasteiger partial charge is 0.330 e. The molecule has 0 amide bonds. The van der Waals surface area contributed by atoms with Gasteiger partial charge in [-0.25, -0.2) is 0 Å². The Hall–Kier alpha value is -0.0500. The second kappa shape index (κ2) is 3.47. The maximum absolute atomic E-state index is 6.06. The normalized spacial score (nSPS) is 27.8. The second-order valence-electron chi connectivity index (χ2n) is 5.01. The van der Waals surface area contributed by atoms with Gasteiger partial charge in [0.15, 0.2) is 0 Å². The minimum Gasteiger partial charge on any atom is -0.330 e. The molecule has 0 bridgehead atoms. The number of hydrogen-bond acceptors (Lipinski definition) is 1. The van der Waals surface area contributed by atoms with E-state index in [0.29, 0.717) is 12.0 Å². The summed E-state index contributed by atoms with van der Waals surface area (Å²) in [6.45, 7) is 5.20. The van der Waals surface area contributed by atoms with Crippen LogP contribution in [0.15, 0.2) is 22.7 Å². The third kappa shape index (κ3) is 1.73. The fourth-order valence-electron chi connectivity index (χ4n) is 2.50. The molecule has 0 heterocycles. The summed E-state index contributed by atoms with van der Waals surface area (Å²) in [4.78, 5) is 0. The number of hydrogen-bond donors (Lipinski definition) is 1. The fraction of sp³-hybridized carbons (Fsp3) is 0.500. The first-order chi connectivity index (χ1) is 6.91.